The second kappa shape index (κ2) is 11.2. The van der Waals surface area contributed by atoms with Gasteiger partial charge in [0.25, 0.3) is 0 Å². The zero-order valence-electron chi connectivity index (χ0n) is 15.7. The van der Waals surface area contributed by atoms with Crippen molar-refractivity contribution >= 4 is 23.8 Å². The average Bonchev–Trinajstić information content (AvgIpc) is 2.74. The second-order valence-corrected chi connectivity index (χ2v) is 6.16. The van der Waals surface area contributed by atoms with E-state index in [-0.39, 0.29) is 25.2 Å². The molecule has 152 valence electrons. The molecule has 0 heterocycles. The lowest BCUT2D eigenvalue weighted by molar-refractivity contribution is -0.145. The Bertz CT molecular complexity index is 839. The van der Waals surface area contributed by atoms with Crippen molar-refractivity contribution in [3.05, 3.63) is 71.8 Å². The maximum Gasteiger partial charge on any atom is 0.408 e. The van der Waals surface area contributed by atoms with Crippen LogP contribution in [0.1, 0.15) is 28.8 Å². The molecule has 0 saturated heterocycles. The zero-order chi connectivity index (χ0) is 21.1. The van der Waals surface area contributed by atoms with Gasteiger partial charge in [-0.15, -0.1) is 0 Å². The summed E-state index contributed by atoms with van der Waals surface area (Å²) in [6, 6.07) is 16.1. The molecule has 0 radical (unpaired) electrons. The van der Waals surface area contributed by atoms with Crippen molar-refractivity contribution in [1.29, 1.82) is 0 Å². The van der Waals surface area contributed by atoms with Crippen LogP contribution in [0, 0.1) is 0 Å². The molecule has 0 aliphatic carbocycles. The number of carbonyl (C=O) groups excluding carboxylic acids is 4. The van der Waals surface area contributed by atoms with Crippen molar-refractivity contribution in [3.63, 3.8) is 0 Å². The molecule has 0 bridgehead atoms. The molecule has 29 heavy (non-hydrogen) atoms. The van der Waals surface area contributed by atoms with Gasteiger partial charge in [-0.25, -0.2) is 9.59 Å². The molecule has 2 rings (SSSR count). The smallest absolute Gasteiger partial charge is 0.408 e. The van der Waals surface area contributed by atoms with E-state index in [0.29, 0.717) is 5.56 Å². The molecule has 8 heteroatoms. The van der Waals surface area contributed by atoms with E-state index in [0.717, 1.165) is 5.56 Å². The van der Waals surface area contributed by atoms with Crippen molar-refractivity contribution in [2.45, 2.75) is 25.5 Å². The Hall–Kier alpha value is -3.68. The van der Waals surface area contributed by atoms with Crippen LogP contribution in [0.25, 0.3) is 0 Å². The largest absolute Gasteiger partial charge is 0.456 e. The highest BCUT2D eigenvalue weighted by Crippen LogP contribution is 2.05. The topological polar surface area (TPSA) is 125 Å². The lowest BCUT2D eigenvalue weighted by Crippen LogP contribution is -2.43. The Morgan fingerprint density at radius 2 is 1.52 bits per heavy atom. The first-order chi connectivity index (χ1) is 14.0. The number of rotatable bonds is 10. The van der Waals surface area contributed by atoms with Crippen LogP contribution in [0.2, 0.25) is 0 Å². The highest BCUT2D eigenvalue weighted by atomic mass is 16.6. The minimum Gasteiger partial charge on any atom is -0.456 e. The third kappa shape index (κ3) is 7.84. The summed E-state index contributed by atoms with van der Waals surface area (Å²) in [5.74, 6) is -1.88. The first kappa shape index (κ1) is 21.6. The monoisotopic (exact) mass is 398 g/mol. The van der Waals surface area contributed by atoms with E-state index in [2.05, 4.69) is 5.32 Å². The van der Waals surface area contributed by atoms with Crippen LogP contribution in [0.5, 0.6) is 0 Å². The number of benzene rings is 2. The number of alkyl carbamates (subject to hydrolysis) is 1. The molecule has 8 nitrogen and oxygen atoms in total. The summed E-state index contributed by atoms with van der Waals surface area (Å²) in [5.41, 5.74) is 6.28. The third-order valence-corrected chi connectivity index (χ3v) is 3.91. The Balaban J connectivity index is 1.89. The summed E-state index contributed by atoms with van der Waals surface area (Å²) >= 11 is 0. The highest BCUT2D eigenvalue weighted by Gasteiger charge is 2.24. The maximum absolute atomic E-state index is 12.3. The Morgan fingerprint density at radius 3 is 2.14 bits per heavy atom. The van der Waals surface area contributed by atoms with Crippen molar-refractivity contribution in [1.82, 2.24) is 5.32 Å². The van der Waals surface area contributed by atoms with Gasteiger partial charge in [0.15, 0.2) is 12.4 Å². The number of Topliss-reactive ketones (excluding diaryl/α,β-unsaturated/α-hetero) is 1. The Labute approximate surface area is 168 Å². The molecule has 0 spiro atoms. The summed E-state index contributed by atoms with van der Waals surface area (Å²) in [5, 5.41) is 2.35. The predicted octanol–water partition coefficient (Wildman–Crippen LogP) is 1.97. The molecule has 0 saturated carbocycles. The minimum atomic E-state index is -1.17. The first-order valence-corrected chi connectivity index (χ1v) is 8.96. The SMILES string of the molecule is NC(=O)CC[C@H](NC(=O)OCc1ccccc1)C(=O)OCC(=O)c1ccccc1. The van der Waals surface area contributed by atoms with Gasteiger partial charge >= 0.3 is 12.1 Å². The van der Waals surface area contributed by atoms with Crippen molar-refractivity contribution < 1.29 is 28.7 Å². The predicted molar refractivity (Wildman–Crippen MR) is 104 cm³/mol. The maximum atomic E-state index is 12.3. The highest BCUT2D eigenvalue weighted by molar-refractivity contribution is 5.98. The van der Waals surface area contributed by atoms with Gasteiger partial charge in [-0.1, -0.05) is 60.7 Å². The number of hydrogen-bond acceptors (Lipinski definition) is 6. The molecule has 0 aliphatic rings. The number of hydrogen-bond donors (Lipinski definition) is 2. The van der Waals surface area contributed by atoms with Crippen LogP contribution in [-0.4, -0.2) is 36.4 Å². The van der Waals surface area contributed by atoms with E-state index in [1.54, 1.807) is 54.6 Å². The van der Waals surface area contributed by atoms with Crippen molar-refractivity contribution in [3.8, 4) is 0 Å². The van der Waals surface area contributed by atoms with Crippen LogP contribution >= 0.6 is 0 Å². The van der Waals surface area contributed by atoms with E-state index in [1.807, 2.05) is 6.07 Å². The van der Waals surface area contributed by atoms with Crippen LogP contribution < -0.4 is 11.1 Å². The third-order valence-electron chi connectivity index (χ3n) is 3.91. The van der Waals surface area contributed by atoms with Gasteiger partial charge in [0.2, 0.25) is 5.91 Å². The number of ketones is 1. The number of nitrogens with one attached hydrogen (secondary N) is 1. The minimum absolute atomic E-state index is 0.0107. The van der Waals surface area contributed by atoms with Gasteiger partial charge in [-0.2, -0.15) is 0 Å². The molecule has 0 aliphatic heterocycles. The first-order valence-electron chi connectivity index (χ1n) is 8.96. The van der Waals surface area contributed by atoms with Gasteiger partial charge in [-0.05, 0) is 12.0 Å². The van der Waals surface area contributed by atoms with Crippen LogP contribution in [0.4, 0.5) is 4.79 Å². The normalized spacial score (nSPS) is 11.2. The fraction of sp³-hybridized carbons (Fsp3) is 0.238. The number of esters is 1. The lowest BCUT2D eigenvalue weighted by Gasteiger charge is -2.17. The number of amides is 2. The molecule has 3 N–H and O–H groups in total. The fourth-order valence-electron chi connectivity index (χ4n) is 2.39. The summed E-state index contributed by atoms with van der Waals surface area (Å²) < 4.78 is 10.1. The number of carbonyl (C=O) groups is 4. The molecule has 0 aromatic heterocycles. The van der Waals surface area contributed by atoms with E-state index in [9.17, 15) is 19.2 Å². The van der Waals surface area contributed by atoms with Crippen LogP contribution in [0.15, 0.2) is 60.7 Å². The average molecular weight is 398 g/mol. The summed E-state index contributed by atoms with van der Waals surface area (Å²) in [6.45, 7) is -0.479. The van der Waals surface area contributed by atoms with Gasteiger partial charge in [0, 0.05) is 12.0 Å². The Morgan fingerprint density at radius 1 is 0.897 bits per heavy atom. The van der Waals surface area contributed by atoms with Gasteiger partial charge < -0.3 is 20.5 Å². The molecule has 1 atom stereocenters. The standard InChI is InChI=1S/C21H22N2O6/c22-19(25)12-11-17(23-21(27)29-13-15-7-3-1-4-8-15)20(26)28-14-18(24)16-9-5-2-6-10-16/h1-10,17H,11-14H2,(H2,22,25)(H,23,27)/t17-/m0/s1. The van der Waals surface area contributed by atoms with Crippen molar-refractivity contribution in [2.75, 3.05) is 6.61 Å². The van der Waals surface area contributed by atoms with Gasteiger partial charge in [0.1, 0.15) is 12.6 Å². The van der Waals surface area contributed by atoms with Crippen LogP contribution in [-0.2, 0) is 25.7 Å². The number of nitrogens with two attached hydrogens (primary N) is 1. The molecule has 2 aromatic rings. The molecule has 0 unspecified atom stereocenters. The second-order valence-electron chi connectivity index (χ2n) is 6.16. The molecule has 2 aromatic carbocycles. The molecular weight excluding hydrogens is 376 g/mol. The summed E-state index contributed by atoms with van der Waals surface area (Å²) in [4.78, 5) is 47.4. The quantitative estimate of drug-likeness (QED) is 0.466. The van der Waals surface area contributed by atoms with Gasteiger partial charge in [0.05, 0.1) is 0 Å². The van der Waals surface area contributed by atoms with Crippen molar-refractivity contribution in [2.24, 2.45) is 5.73 Å². The fourth-order valence-corrected chi connectivity index (χ4v) is 2.39. The van der Waals surface area contributed by atoms with E-state index >= 15 is 0 Å². The molecule has 0 fully saturated rings. The number of primary amides is 1. The molecule has 2 amide bonds. The van der Waals surface area contributed by atoms with E-state index in [4.69, 9.17) is 15.2 Å². The Kier molecular flexibility index (Phi) is 8.37. The summed E-state index contributed by atoms with van der Waals surface area (Å²) in [7, 11) is 0. The van der Waals surface area contributed by atoms with Gasteiger partial charge in [-0.3, -0.25) is 9.59 Å². The van der Waals surface area contributed by atoms with E-state index < -0.39 is 30.6 Å². The number of ether oxygens (including phenoxy) is 2. The van der Waals surface area contributed by atoms with E-state index in [1.165, 1.54) is 0 Å². The van der Waals surface area contributed by atoms with Crippen LogP contribution in [0.3, 0.4) is 0 Å². The lowest BCUT2D eigenvalue weighted by atomic mass is 10.1. The summed E-state index contributed by atoms with van der Waals surface area (Å²) in [6.07, 6.45) is -1.07. The zero-order valence-corrected chi connectivity index (χ0v) is 15.7. The molecular formula is C21H22N2O6.